The molecule has 0 bridgehead atoms. The molecule has 2 aromatic carbocycles. The molecule has 3 nitrogen and oxygen atoms in total. The summed E-state index contributed by atoms with van der Waals surface area (Å²) in [5.41, 5.74) is 1.20. The lowest BCUT2D eigenvalue weighted by molar-refractivity contribution is -0.120. The Balaban J connectivity index is 1.79. The minimum absolute atomic E-state index is 0.0285. The summed E-state index contributed by atoms with van der Waals surface area (Å²) >= 11 is 1.56. The van der Waals surface area contributed by atoms with E-state index in [0.717, 1.165) is 10.6 Å². The zero-order chi connectivity index (χ0) is 18.3. The predicted molar refractivity (Wildman–Crippen MR) is 105 cm³/mol. The van der Waals surface area contributed by atoms with Gasteiger partial charge in [-0.2, -0.15) is 0 Å². The summed E-state index contributed by atoms with van der Waals surface area (Å²) in [4.78, 5) is 13.3. The first-order chi connectivity index (χ1) is 11.9. The van der Waals surface area contributed by atoms with Crippen molar-refractivity contribution >= 4 is 17.7 Å². The second-order valence-corrected chi connectivity index (χ2v) is 8.37. The van der Waals surface area contributed by atoms with E-state index in [9.17, 15) is 4.79 Å². The SMILES string of the molecule is CC(Sc1ccccc1)C(=O)NCCOc1ccccc1C(C)(C)C. The lowest BCUT2D eigenvalue weighted by atomic mass is 9.86. The Morgan fingerprint density at radius 1 is 1.08 bits per heavy atom. The lowest BCUT2D eigenvalue weighted by Crippen LogP contribution is -2.34. The molecule has 0 aromatic heterocycles. The topological polar surface area (TPSA) is 38.3 Å². The predicted octanol–water partition coefficient (Wildman–Crippen LogP) is 4.66. The van der Waals surface area contributed by atoms with Gasteiger partial charge < -0.3 is 10.1 Å². The normalized spacial score (nSPS) is 12.5. The lowest BCUT2D eigenvalue weighted by Gasteiger charge is -2.22. The van der Waals surface area contributed by atoms with E-state index in [2.05, 4.69) is 32.2 Å². The fourth-order valence-corrected chi connectivity index (χ4v) is 3.36. The molecule has 1 N–H and O–H groups in total. The van der Waals surface area contributed by atoms with Crippen LogP contribution in [0.25, 0.3) is 0 Å². The fourth-order valence-electron chi connectivity index (χ4n) is 2.45. The molecule has 25 heavy (non-hydrogen) atoms. The Kier molecular flexibility index (Phi) is 6.94. The van der Waals surface area contributed by atoms with Gasteiger partial charge in [0.15, 0.2) is 0 Å². The van der Waals surface area contributed by atoms with Crippen molar-refractivity contribution in [1.82, 2.24) is 5.32 Å². The van der Waals surface area contributed by atoms with Gasteiger partial charge >= 0.3 is 0 Å². The molecule has 2 rings (SSSR count). The van der Waals surface area contributed by atoms with E-state index < -0.39 is 0 Å². The van der Waals surface area contributed by atoms with Crippen LogP contribution in [0.3, 0.4) is 0 Å². The van der Waals surface area contributed by atoms with E-state index >= 15 is 0 Å². The molecular weight excluding hydrogens is 330 g/mol. The molecule has 0 fully saturated rings. The molecule has 4 heteroatoms. The molecule has 1 atom stereocenters. The molecule has 0 spiro atoms. The molecule has 134 valence electrons. The van der Waals surface area contributed by atoms with E-state index in [1.807, 2.05) is 55.5 Å². The Labute approximate surface area is 155 Å². The van der Waals surface area contributed by atoms with E-state index in [0.29, 0.717) is 13.2 Å². The Hall–Kier alpha value is -1.94. The van der Waals surface area contributed by atoms with Crippen LogP contribution in [0.5, 0.6) is 5.75 Å². The first-order valence-corrected chi connectivity index (χ1v) is 9.47. The third kappa shape index (κ3) is 6.13. The molecule has 0 saturated heterocycles. The Morgan fingerprint density at radius 2 is 1.72 bits per heavy atom. The van der Waals surface area contributed by atoms with Crippen molar-refractivity contribution in [3.8, 4) is 5.75 Å². The van der Waals surface area contributed by atoms with Crippen LogP contribution in [0.2, 0.25) is 0 Å². The minimum Gasteiger partial charge on any atom is -0.491 e. The number of amides is 1. The average Bonchev–Trinajstić information content (AvgIpc) is 2.59. The van der Waals surface area contributed by atoms with Gasteiger partial charge in [-0.3, -0.25) is 4.79 Å². The minimum atomic E-state index is -0.135. The van der Waals surface area contributed by atoms with Crippen LogP contribution in [0.4, 0.5) is 0 Å². The van der Waals surface area contributed by atoms with Gasteiger partial charge in [-0.05, 0) is 36.1 Å². The summed E-state index contributed by atoms with van der Waals surface area (Å²) < 4.78 is 5.89. The number of carbonyl (C=O) groups excluding carboxylic acids is 1. The highest BCUT2D eigenvalue weighted by Crippen LogP contribution is 2.30. The summed E-state index contributed by atoms with van der Waals surface area (Å²) in [6.07, 6.45) is 0. The summed E-state index contributed by atoms with van der Waals surface area (Å²) in [6, 6.07) is 18.0. The molecule has 2 aromatic rings. The van der Waals surface area contributed by atoms with Crippen LogP contribution in [-0.2, 0) is 10.2 Å². The third-order valence-corrected chi connectivity index (χ3v) is 4.89. The number of nitrogens with one attached hydrogen (secondary N) is 1. The summed E-state index contributed by atoms with van der Waals surface area (Å²) in [7, 11) is 0. The molecule has 0 radical (unpaired) electrons. The highest BCUT2D eigenvalue weighted by molar-refractivity contribution is 8.00. The monoisotopic (exact) mass is 357 g/mol. The summed E-state index contributed by atoms with van der Waals surface area (Å²) in [5, 5.41) is 2.81. The van der Waals surface area contributed by atoms with Gasteiger partial charge in [0.1, 0.15) is 12.4 Å². The number of benzene rings is 2. The number of thioether (sulfide) groups is 1. The molecule has 1 unspecified atom stereocenters. The molecule has 0 aliphatic heterocycles. The number of rotatable bonds is 7. The zero-order valence-corrected chi connectivity index (χ0v) is 16.2. The van der Waals surface area contributed by atoms with Gasteiger partial charge in [-0.15, -0.1) is 11.8 Å². The van der Waals surface area contributed by atoms with Gasteiger partial charge in [0.05, 0.1) is 11.8 Å². The van der Waals surface area contributed by atoms with E-state index in [-0.39, 0.29) is 16.6 Å². The molecule has 0 saturated carbocycles. The highest BCUT2D eigenvalue weighted by atomic mass is 32.2. The van der Waals surface area contributed by atoms with Crippen molar-refractivity contribution in [3.05, 3.63) is 60.2 Å². The van der Waals surface area contributed by atoms with Crippen molar-refractivity contribution in [2.75, 3.05) is 13.2 Å². The second kappa shape index (κ2) is 8.95. The van der Waals surface area contributed by atoms with Crippen molar-refractivity contribution in [2.45, 2.75) is 43.3 Å². The molecule has 1 amide bonds. The molecule has 0 aliphatic carbocycles. The average molecular weight is 358 g/mol. The number of hydrogen-bond donors (Lipinski definition) is 1. The van der Waals surface area contributed by atoms with Gasteiger partial charge in [0.2, 0.25) is 5.91 Å². The van der Waals surface area contributed by atoms with E-state index in [4.69, 9.17) is 4.74 Å². The first-order valence-electron chi connectivity index (χ1n) is 8.59. The van der Waals surface area contributed by atoms with Gasteiger partial charge in [-0.1, -0.05) is 57.2 Å². The number of carbonyl (C=O) groups is 1. The third-order valence-electron chi connectivity index (χ3n) is 3.78. The van der Waals surface area contributed by atoms with Crippen LogP contribution in [0.1, 0.15) is 33.3 Å². The van der Waals surface area contributed by atoms with Gasteiger partial charge in [0.25, 0.3) is 0 Å². The summed E-state index contributed by atoms with van der Waals surface area (Å²) in [6.45, 7) is 9.37. The Bertz CT molecular complexity index is 680. The van der Waals surface area contributed by atoms with Crippen molar-refractivity contribution in [2.24, 2.45) is 0 Å². The quantitative estimate of drug-likeness (QED) is 0.578. The van der Waals surface area contributed by atoms with Crippen LogP contribution < -0.4 is 10.1 Å². The fraction of sp³-hybridized carbons (Fsp3) is 0.381. The van der Waals surface area contributed by atoms with Crippen LogP contribution >= 0.6 is 11.8 Å². The van der Waals surface area contributed by atoms with Crippen molar-refractivity contribution in [3.63, 3.8) is 0 Å². The van der Waals surface area contributed by atoms with E-state index in [1.165, 1.54) is 5.56 Å². The van der Waals surface area contributed by atoms with Crippen molar-refractivity contribution in [1.29, 1.82) is 0 Å². The van der Waals surface area contributed by atoms with Crippen molar-refractivity contribution < 1.29 is 9.53 Å². The smallest absolute Gasteiger partial charge is 0.233 e. The number of para-hydroxylation sites is 1. The maximum atomic E-state index is 12.2. The summed E-state index contributed by atoms with van der Waals surface area (Å²) in [5.74, 6) is 0.914. The Morgan fingerprint density at radius 3 is 2.40 bits per heavy atom. The molecular formula is C21H27NO2S. The molecule has 0 heterocycles. The molecule has 0 aliphatic rings. The number of ether oxygens (including phenoxy) is 1. The largest absolute Gasteiger partial charge is 0.491 e. The van der Waals surface area contributed by atoms with Crippen LogP contribution in [0.15, 0.2) is 59.5 Å². The maximum absolute atomic E-state index is 12.2. The first kappa shape index (κ1) is 19.4. The highest BCUT2D eigenvalue weighted by Gasteiger charge is 2.18. The standard InChI is InChI=1S/C21H27NO2S/c1-16(25-17-10-6-5-7-11-17)20(23)22-14-15-24-19-13-9-8-12-18(19)21(2,3)4/h5-13,16H,14-15H2,1-4H3,(H,22,23). The van der Waals surface area contributed by atoms with Gasteiger partial charge in [-0.25, -0.2) is 0 Å². The zero-order valence-electron chi connectivity index (χ0n) is 15.4. The number of hydrogen-bond acceptors (Lipinski definition) is 3. The van der Waals surface area contributed by atoms with Crippen LogP contribution in [-0.4, -0.2) is 24.3 Å². The van der Waals surface area contributed by atoms with E-state index in [1.54, 1.807) is 11.8 Å². The second-order valence-electron chi connectivity index (χ2n) is 6.96. The van der Waals surface area contributed by atoms with Crippen LogP contribution in [0, 0.1) is 0 Å². The maximum Gasteiger partial charge on any atom is 0.233 e. The van der Waals surface area contributed by atoms with Gasteiger partial charge in [0, 0.05) is 4.90 Å².